The lowest BCUT2D eigenvalue weighted by molar-refractivity contribution is -0.148. The monoisotopic (exact) mass is 192 g/mol. The fourth-order valence-electron chi connectivity index (χ4n) is 0.0430. The Bertz CT molecular complexity index is 262. The molecule has 0 rings (SSSR count). The largest absolute Gasteiger partial charge is 0.476 e. The Labute approximate surface area is 67.7 Å². The molecule has 0 aromatic rings. The summed E-state index contributed by atoms with van der Waals surface area (Å²) < 4.78 is 18.6. The van der Waals surface area contributed by atoms with Crippen LogP contribution >= 0.6 is 7.68 Å². The fourth-order valence-corrected chi connectivity index (χ4v) is 0.129. The minimum atomic E-state index is -2.65. The molecule has 0 aromatic carbocycles. The highest BCUT2D eigenvalue weighted by atomic mass is 31.1. The maximum atomic E-state index is 9.54. The molecule has 0 aliphatic carbocycles. The predicted octanol–water partition coefficient (Wildman–Crippen LogP) is 0.165. The number of hydrogen-bond acceptors (Lipinski definition) is 5. The standard InChI is InChI=1S/C3H4O3.C2HO3P/c1-2(4)3(5)6;3-1-2-6(4)5/h1H3,(H,5,6);2H. The summed E-state index contributed by atoms with van der Waals surface area (Å²) in [5.41, 5.74) is 0. The minimum absolute atomic E-state index is 0.440. The van der Waals surface area contributed by atoms with Crippen LogP contribution in [0, 0.1) is 0 Å². The van der Waals surface area contributed by atoms with Gasteiger partial charge in [0.05, 0.1) is 0 Å². The lowest BCUT2D eigenvalue weighted by Gasteiger charge is -1.73. The summed E-state index contributed by atoms with van der Waals surface area (Å²) in [6.07, 6.45) is 0. The summed E-state index contributed by atoms with van der Waals surface area (Å²) >= 11 is 0. The number of Topliss-reactive ketones (excluding diaryl/α,β-unsaturated/α-hetero) is 1. The molecule has 0 radical (unpaired) electrons. The molecule has 1 N–H and O–H groups in total. The molecule has 6 nitrogen and oxygen atoms in total. The molecule has 0 spiro atoms. The lowest BCUT2D eigenvalue weighted by Crippen LogP contribution is -2.05. The Balaban J connectivity index is 0. The molecular weight excluding hydrogens is 187 g/mol. The van der Waals surface area contributed by atoms with Gasteiger partial charge in [0.2, 0.25) is 5.78 Å². The average Bonchev–Trinajstić information content (AvgIpc) is 1.87. The maximum absolute atomic E-state index is 9.54. The third-order valence-electron chi connectivity index (χ3n) is 0.459. The molecule has 0 aliphatic heterocycles. The van der Waals surface area contributed by atoms with Crippen LogP contribution < -0.4 is 0 Å². The summed E-state index contributed by atoms with van der Waals surface area (Å²) in [5, 5.41) is 7.64. The van der Waals surface area contributed by atoms with Crippen LogP contribution in [0.4, 0.5) is 0 Å². The van der Waals surface area contributed by atoms with Crippen LogP contribution in [0.1, 0.15) is 6.92 Å². The molecule has 0 unspecified atom stereocenters. The second-order valence-electron chi connectivity index (χ2n) is 1.39. The number of carboxylic acids is 1. The molecule has 0 bridgehead atoms. The lowest BCUT2D eigenvalue weighted by atomic mass is 10.5. The van der Waals surface area contributed by atoms with E-state index in [0.717, 1.165) is 12.9 Å². The Morgan fingerprint density at radius 2 is 1.75 bits per heavy atom. The summed E-state index contributed by atoms with van der Waals surface area (Å²) in [7, 11) is -2.65. The Morgan fingerprint density at radius 1 is 1.42 bits per heavy atom. The molecule has 0 heterocycles. The van der Waals surface area contributed by atoms with Crippen LogP contribution in [0.3, 0.4) is 0 Å². The predicted molar refractivity (Wildman–Crippen MR) is 36.9 cm³/mol. The van der Waals surface area contributed by atoms with E-state index in [1.807, 2.05) is 0 Å². The zero-order chi connectivity index (χ0) is 10.1. The van der Waals surface area contributed by atoms with E-state index in [0.29, 0.717) is 5.82 Å². The van der Waals surface area contributed by atoms with Gasteiger partial charge in [-0.1, -0.05) is 0 Å². The van der Waals surface area contributed by atoms with Gasteiger partial charge in [-0.15, -0.1) is 0 Å². The zero-order valence-corrected chi connectivity index (χ0v) is 6.91. The highest BCUT2D eigenvalue weighted by Crippen LogP contribution is 1.98. The second kappa shape index (κ2) is 7.60. The van der Waals surface area contributed by atoms with Crippen molar-refractivity contribution in [3.63, 3.8) is 0 Å². The molecule has 0 fully saturated rings. The van der Waals surface area contributed by atoms with Crippen molar-refractivity contribution in [1.82, 2.24) is 0 Å². The maximum Gasteiger partial charge on any atom is 0.371 e. The van der Waals surface area contributed by atoms with Crippen molar-refractivity contribution in [1.29, 1.82) is 0 Å². The molecule has 0 aliphatic rings. The minimum Gasteiger partial charge on any atom is -0.476 e. The quantitative estimate of drug-likeness (QED) is 0.379. The van der Waals surface area contributed by atoms with Crippen molar-refractivity contribution in [2.75, 3.05) is 0 Å². The van der Waals surface area contributed by atoms with Crippen LogP contribution in [0.25, 0.3) is 0 Å². The van der Waals surface area contributed by atoms with Crippen LogP contribution in [0.5, 0.6) is 0 Å². The molecule has 12 heavy (non-hydrogen) atoms. The van der Waals surface area contributed by atoms with E-state index in [1.165, 1.54) is 0 Å². The third-order valence-corrected chi connectivity index (χ3v) is 0.776. The van der Waals surface area contributed by atoms with E-state index >= 15 is 0 Å². The van der Waals surface area contributed by atoms with E-state index in [-0.39, 0.29) is 0 Å². The number of hydrogen-bond donors (Lipinski definition) is 1. The SMILES string of the molecule is CC(=O)C(=O)O.O=C=CP(=O)=O. The Kier molecular flexibility index (Phi) is 8.30. The van der Waals surface area contributed by atoms with Gasteiger partial charge < -0.3 is 5.11 Å². The van der Waals surface area contributed by atoms with Crippen molar-refractivity contribution >= 4 is 25.4 Å². The number of carbonyl (C=O) groups is 2. The Morgan fingerprint density at radius 3 is 1.75 bits per heavy atom. The summed E-state index contributed by atoms with van der Waals surface area (Å²) in [4.78, 5) is 27.9. The van der Waals surface area contributed by atoms with E-state index in [4.69, 9.17) is 9.90 Å². The average molecular weight is 192 g/mol. The summed E-state index contributed by atoms with van der Waals surface area (Å²) in [6, 6.07) is 0. The van der Waals surface area contributed by atoms with Gasteiger partial charge >= 0.3 is 13.6 Å². The van der Waals surface area contributed by atoms with Gasteiger partial charge in [-0.05, 0) is 0 Å². The third kappa shape index (κ3) is 15.8. The molecule has 0 atom stereocenters. The molecule has 7 heteroatoms. The first-order valence-corrected chi connectivity index (χ1v) is 3.74. The number of ketones is 1. The zero-order valence-electron chi connectivity index (χ0n) is 6.01. The first kappa shape index (κ1) is 13.1. The molecule has 66 valence electrons. The molecule has 0 saturated heterocycles. The van der Waals surface area contributed by atoms with Gasteiger partial charge in [-0.2, -0.15) is 0 Å². The van der Waals surface area contributed by atoms with Crippen molar-refractivity contribution in [3.8, 4) is 0 Å². The van der Waals surface area contributed by atoms with Crippen molar-refractivity contribution in [2.24, 2.45) is 0 Å². The van der Waals surface area contributed by atoms with E-state index < -0.39 is 19.4 Å². The van der Waals surface area contributed by atoms with Gasteiger partial charge in [0.25, 0.3) is 0 Å². The molecule has 0 aromatic heterocycles. The molecule has 0 saturated carbocycles. The van der Waals surface area contributed by atoms with E-state index in [1.54, 1.807) is 0 Å². The van der Waals surface area contributed by atoms with Crippen LogP contribution in [0.2, 0.25) is 0 Å². The van der Waals surface area contributed by atoms with Crippen LogP contribution in [0.15, 0.2) is 5.82 Å². The van der Waals surface area contributed by atoms with E-state index in [2.05, 4.69) is 0 Å². The molecular formula is C5H5O6P. The van der Waals surface area contributed by atoms with Crippen molar-refractivity contribution in [2.45, 2.75) is 6.92 Å². The van der Waals surface area contributed by atoms with E-state index in [9.17, 15) is 18.7 Å². The topological polar surface area (TPSA) is 106 Å². The summed E-state index contributed by atoms with van der Waals surface area (Å²) in [6.45, 7) is 1.00. The number of carboxylic acid groups (broad SMARTS) is 1. The smallest absolute Gasteiger partial charge is 0.371 e. The van der Waals surface area contributed by atoms with Gasteiger partial charge in [-0.3, -0.25) is 4.79 Å². The van der Waals surface area contributed by atoms with Gasteiger partial charge in [0, 0.05) is 6.92 Å². The van der Waals surface area contributed by atoms with Crippen LogP contribution in [-0.4, -0.2) is 22.8 Å². The Hall–Kier alpha value is -1.51. The van der Waals surface area contributed by atoms with Crippen molar-refractivity contribution < 1.29 is 28.6 Å². The van der Waals surface area contributed by atoms with Crippen molar-refractivity contribution in [3.05, 3.63) is 5.82 Å². The number of carbonyl (C=O) groups excluding carboxylic acids is 2. The van der Waals surface area contributed by atoms with Gasteiger partial charge in [0.15, 0.2) is 0 Å². The van der Waals surface area contributed by atoms with Gasteiger partial charge in [-0.25, -0.2) is 18.7 Å². The number of rotatable bonds is 2. The van der Waals surface area contributed by atoms with Crippen LogP contribution in [-0.2, 0) is 23.5 Å². The number of aliphatic carboxylic acids is 1. The highest BCUT2D eigenvalue weighted by Gasteiger charge is 1.98. The second-order valence-corrected chi connectivity index (χ2v) is 2.22. The first-order chi connectivity index (χ1) is 5.41. The molecule has 0 amide bonds. The van der Waals surface area contributed by atoms with Gasteiger partial charge in [0.1, 0.15) is 11.8 Å². The first-order valence-electron chi connectivity index (χ1n) is 2.50. The summed E-state index contributed by atoms with van der Waals surface area (Å²) in [5.74, 6) is -0.668. The fraction of sp³-hybridized carbons (Fsp3) is 0.200. The normalized spacial score (nSPS) is 6.75. The highest BCUT2D eigenvalue weighted by molar-refractivity contribution is 7.35.